The predicted molar refractivity (Wildman–Crippen MR) is 75.4 cm³/mol. The summed E-state index contributed by atoms with van der Waals surface area (Å²) in [5, 5.41) is 7.38. The Kier molecular flexibility index (Phi) is 4.68. The van der Waals surface area contributed by atoms with Gasteiger partial charge in [0.1, 0.15) is 12.2 Å². The van der Waals surface area contributed by atoms with Crippen molar-refractivity contribution < 1.29 is 4.79 Å². The molecule has 1 N–H and O–H groups in total. The van der Waals surface area contributed by atoms with Crippen molar-refractivity contribution in [2.24, 2.45) is 0 Å². The van der Waals surface area contributed by atoms with Crippen LogP contribution in [0.5, 0.6) is 0 Å². The quantitative estimate of drug-likeness (QED) is 0.917. The van der Waals surface area contributed by atoms with Crippen molar-refractivity contribution in [3.63, 3.8) is 0 Å². The first-order chi connectivity index (χ1) is 9.67. The van der Waals surface area contributed by atoms with E-state index in [0.717, 1.165) is 5.82 Å². The summed E-state index contributed by atoms with van der Waals surface area (Å²) in [4.78, 5) is 20.3. The topological polar surface area (TPSA) is 72.7 Å². The third kappa shape index (κ3) is 2.96. The molecule has 0 saturated carbocycles. The van der Waals surface area contributed by atoms with Crippen molar-refractivity contribution in [1.82, 2.24) is 25.1 Å². The van der Waals surface area contributed by atoms with E-state index in [0.29, 0.717) is 23.6 Å². The smallest absolute Gasteiger partial charge is 0.253 e. The predicted octanol–water partition coefficient (Wildman–Crippen LogP) is 2.23. The Hall–Kier alpha value is -1.95. The molecule has 1 unspecified atom stereocenters. The lowest BCUT2D eigenvalue weighted by atomic mass is 10.1. The first-order valence-electron chi connectivity index (χ1n) is 6.45. The Labute approximate surface area is 122 Å². The van der Waals surface area contributed by atoms with Gasteiger partial charge >= 0.3 is 0 Å². The third-order valence-electron chi connectivity index (χ3n) is 2.99. The van der Waals surface area contributed by atoms with Crippen LogP contribution >= 0.6 is 11.6 Å². The molecule has 0 aliphatic rings. The molecule has 20 heavy (non-hydrogen) atoms. The second-order valence-electron chi connectivity index (χ2n) is 4.22. The highest BCUT2D eigenvalue weighted by Gasteiger charge is 2.20. The molecule has 2 aromatic rings. The number of aryl methyl sites for hydroxylation is 1. The largest absolute Gasteiger partial charge is 0.342 e. The first-order valence-corrected chi connectivity index (χ1v) is 6.83. The molecule has 2 aromatic heterocycles. The highest BCUT2D eigenvalue weighted by atomic mass is 35.5. The van der Waals surface area contributed by atoms with Gasteiger partial charge in [-0.05, 0) is 19.4 Å². The van der Waals surface area contributed by atoms with Gasteiger partial charge in [-0.1, -0.05) is 18.5 Å². The SMILES string of the molecule is CCC(NC(=O)c1ccncc1Cl)c1ncnn1CC. The molecule has 106 valence electrons. The molecule has 0 bridgehead atoms. The molecule has 0 saturated heterocycles. The Balaban J connectivity index is 2.19. The zero-order chi connectivity index (χ0) is 14.5. The molecular formula is C13H16ClN5O. The van der Waals surface area contributed by atoms with Crippen LogP contribution in [0.1, 0.15) is 42.5 Å². The Morgan fingerprint density at radius 3 is 2.95 bits per heavy atom. The molecule has 2 rings (SSSR count). The maximum absolute atomic E-state index is 12.2. The number of hydrogen-bond donors (Lipinski definition) is 1. The van der Waals surface area contributed by atoms with Gasteiger partial charge in [0.25, 0.3) is 5.91 Å². The minimum Gasteiger partial charge on any atom is -0.342 e. The highest BCUT2D eigenvalue weighted by Crippen LogP contribution is 2.17. The third-order valence-corrected chi connectivity index (χ3v) is 3.29. The Morgan fingerprint density at radius 2 is 2.30 bits per heavy atom. The van der Waals surface area contributed by atoms with E-state index < -0.39 is 0 Å². The van der Waals surface area contributed by atoms with Crippen molar-refractivity contribution in [2.75, 3.05) is 0 Å². The molecule has 0 spiro atoms. The highest BCUT2D eigenvalue weighted by molar-refractivity contribution is 6.33. The van der Waals surface area contributed by atoms with Crippen LogP contribution < -0.4 is 5.32 Å². The minimum absolute atomic E-state index is 0.200. The van der Waals surface area contributed by atoms with Gasteiger partial charge in [0.05, 0.1) is 16.6 Å². The van der Waals surface area contributed by atoms with E-state index in [1.165, 1.54) is 18.7 Å². The summed E-state index contributed by atoms with van der Waals surface area (Å²) >= 11 is 5.97. The lowest BCUT2D eigenvalue weighted by molar-refractivity contribution is 0.0933. The van der Waals surface area contributed by atoms with Crippen LogP contribution in [0, 0.1) is 0 Å². The Bertz CT molecular complexity index is 598. The average Bonchev–Trinajstić information content (AvgIpc) is 2.93. The summed E-state index contributed by atoms with van der Waals surface area (Å²) in [6.07, 6.45) is 5.20. The minimum atomic E-state index is -0.241. The molecule has 0 radical (unpaired) electrons. The van der Waals surface area contributed by atoms with Crippen LogP contribution in [0.15, 0.2) is 24.8 Å². The monoisotopic (exact) mass is 293 g/mol. The molecule has 1 amide bonds. The maximum Gasteiger partial charge on any atom is 0.253 e. The van der Waals surface area contributed by atoms with E-state index in [-0.39, 0.29) is 11.9 Å². The number of carbonyl (C=O) groups excluding carboxylic acids is 1. The van der Waals surface area contributed by atoms with Crippen LogP contribution in [0.3, 0.4) is 0 Å². The van der Waals surface area contributed by atoms with E-state index in [9.17, 15) is 4.79 Å². The van der Waals surface area contributed by atoms with Crippen LogP contribution in [0.25, 0.3) is 0 Å². The van der Waals surface area contributed by atoms with E-state index in [1.807, 2.05) is 13.8 Å². The van der Waals surface area contributed by atoms with Crippen LogP contribution in [0.2, 0.25) is 5.02 Å². The van der Waals surface area contributed by atoms with E-state index in [2.05, 4.69) is 20.4 Å². The van der Waals surface area contributed by atoms with Crippen LogP contribution in [-0.4, -0.2) is 25.7 Å². The van der Waals surface area contributed by atoms with Gasteiger partial charge in [0.15, 0.2) is 0 Å². The molecule has 2 heterocycles. The standard InChI is InChI=1S/C13H16ClN5O/c1-3-11(12-16-8-17-19(12)4-2)18-13(20)9-5-6-15-7-10(9)14/h5-8,11H,3-4H2,1-2H3,(H,18,20). The first kappa shape index (κ1) is 14.5. The maximum atomic E-state index is 12.2. The van der Waals surface area contributed by atoms with Gasteiger partial charge in [-0.3, -0.25) is 9.78 Å². The summed E-state index contributed by atoms with van der Waals surface area (Å²) in [5.41, 5.74) is 0.405. The Morgan fingerprint density at radius 1 is 1.50 bits per heavy atom. The van der Waals surface area contributed by atoms with Gasteiger partial charge < -0.3 is 5.32 Å². The number of halogens is 1. The zero-order valence-corrected chi connectivity index (χ0v) is 12.1. The molecule has 6 nitrogen and oxygen atoms in total. The summed E-state index contributed by atoms with van der Waals surface area (Å²) in [5.74, 6) is 0.503. The van der Waals surface area contributed by atoms with Crippen molar-refractivity contribution in [2.45, 2.75) is 32.9 Å². The molecule has 0 aliphatic heterocycles. The van der Waals surface area contributed by atoms with Crippen molar-refractivity contribution in [1.29, 1.82) is 0 Å². The number of nitrogens with one attached hydrogen (secondary N) is 1. The van der Waals surface area contributed by atoms with Gasteiger partial charge in [-0.15, -0.1) is 0 Å². The molecule has 1 atom stereocenters. The normalized spacial score (nSPS) is 12.2. The van der Waals surface area contributed by atoms with E-state index in [1.54, 1.807) is 10.7 Å². The van der Waals surface area contributed by atoms with Crippen molar-refractivity contribution >= 4 is 17.5 Å². The van der Waals surface area contributed by atoms with Gasteiger partial charge in [0, 0.05) is 18.9 Å². The summed E-state index contributed by atoms with van der Waals surface area (Å²) in [6.45, 7) is 4.66. The number of nitrogens with zero attached hydrogens (tertiary/aromatic N) is 4. The lowest BCUT2D eigenvalue weighted by Gasteiger charge is -2.17. The summed E-state index contributed by atoms with van der Waals surface area (Å²) in [7, 11) is 0. The summed E-state index contributed by atoms with van der Waals surface area (Å²) < 4.78 is 1.77. The molecule has 7 heteroatoms. The van der Waals surface area contributed by atoms with Crippen molar-refractivity contribution in [3.8, 4) is 0 Å². The zero-order valence-electron chi connectivity index (χ0n) is 11.4. The number of carbonyl (C=O) groups is 1. The van der Waals surface area contributed by atoms with Crippen LogP contribution in [-0.2, 0) is 6.54 Å². The fraction of sp³-hybridized carbons (Fsp3) is 0.385. The fourth-order valence-corrected chi connectivity index (χ4v) is 2.14. The fourth-order valence-electron chi connectivity index (χ4n) is 1.93. The second-order valence-corrected chi connectivity index (χ2v) is 4.63. The molecule has 0 aliphatic carbocycles. The number of rotatable bonds is 5. The average molecular weight is 294 g/mol. The molecular weight excluding hydrogens is 278 g/mol. The second kappa shape index (κ2) is 6.47. The molecule has 0 aromatic carbocycles. The number of amides is 1. The van der Waals surface area contributed by atoms with E-state index >= 15 is 0 Å². The van der Waals surface area contributed by atoms with Gasteiger partial charge in [-0.2, -0.15) is 5.10 Å². The molecule has 0 fully saturated rings. The lowest BCUT2D eigenvalue weighted by Crippen LogP contribution is -2.30. The number of hydrogen-bond acceptors (Lipinski definition) is 4. The number of pyridine rings is 1. The van der Waals surface area contributed by atoms with Crippen molar-refractivity contribution in [3.05, 3.63) is 41.2 Å². The van der Waals surface area contributed by atoms with E-state index in [4.69, 9.17) is 11.6 Å². The van der Waals surface area contributed by atoms with Crippen LogP contribution in [0.4, 0.5) is 0 Å². The van der Waals surface area contributed by atoms with Gasteiger partial charge in [0.2, 0.25) is 0 Å². The van der Waals surface area contributed by atoms with Gasteiger partial charge in [-0.25, -0.2) is 9.67 Å². The summed E-state index contributed by atoms with van der Waals surface area (Å²) in [6, 6.07) is 1.39. The number of aromatic nitrogens is 4.